The average Bonchev–Trinajstić information content (AvgIpc) is 2.64. The first-order chi connectivity index (χ1) is 12.7. The Morgan fingerprint density at radius 2 is 1.81 bits per heavy atom. The first kappa shape index (κ1) is 19.0. The van der Waals surface area contributed by atoms with Crippen molar-refractivity contribution in [1.82, 2.24) is 15.1 Å². The number of benzene rings is 1. The van der Waals surface area contributed by atoms with Gasteiger partial charge in [0.05, 0.1) is 5.69 Å². The maximum Gasteiger partial charge on any atom is 0.317 e. The van der Waals surface area contributed by atoms with Gasteiger partial charge in [-0.1, -0.05) is 20.8 Å². The smallest absolute Gasteiger partial charge is 0.317 e. The number of fused-ring (bicyclic) bond motifs is 1. The van der Waals surface area contributed by atoms with Crippen molar-refractivity contribution in [3.05, 3.63) is 23.8 Å². The second-order valence-electron chi connectivity index (χ2n) is 8.05. The fourth-order valence-electron chi connectivity index (χ4n) is 2.96. The Balaban J connectivity index is 1.56. The van der Waals surface area contributed by atoms with Crippen LogP contribution in [0.25, 0.3) is 0 Å². The van der Waals surface area contributed by atoms with Crippen LogP contribution in [0.1, 0.15) is 31.1 Å². The van der Waals surface area contributed by atoms with Crippen LogP contribution in [0, 0.1) is 5.41 Å². The molecular formula is C19H26N4O4. The Kier molecular flexibility index (Phi) is 5.25. The molecule has 0 saturated carbocycles. The van der Waals surface area contributed by atoms with Crippen molar-refractivity contribution in [3.8, 4) is 5.75 Å². The van der Waals surface area contributed by atoms with Gasteiger partial charge in [0.2, 0.25) is 0 Å². The van der Waals surface area contributed by atoms with E-state index in [0.717, 1.165) is 0 Å². The van der Waals surface area contributed by atoms with E-state index in [2.05, 4.69) is 31.4 Å². The summed E-state index contributed by atoms with van der Waals surface area (Å²) in [5.74, 6) is 0.209. The number of nitrogens with zero attached hydrogens (tertiary/aromatic N) is 2. The minimum atomic E-state index is -0.234. The lowest BCUT2D eigenvalue weighted by Gasteiger charge is -2.35. The molecule has 8 heteroatoms. The molecule has 0 aliphatic carbocycles. The number of carbonyl (C=O) groups is 3. The number of hydrogen-bond donors (Lipinski definition) is 2. The predicted octanol–water partition coefficient (Wildman–Crippen LogP) is 1.53. The summed E-state index contributed by atoms with van der Waals surface area (Å²) < 4.78 is 5.32. The first-order valence-corrected chi connectivity index (χ1v) is 9.12. The number of carbonyl (C=O) groups excluding carboxylic acids is 3. The van der Waals surface area contributed by atoms with Crippen molar-refractivity contribution < 1.29 is 19.1 Å². The fraction of sp³-hybridized carbons (Fsp3) is 0.526. The third kappa shape index (κ3) is 4.69. The SMILES string of the molecule is CC(C)(C)CNC(=O)N1CCN(C(=O)c2ccc3c(c2)NC(=O)CO3)CC1. The molecule has 4 amide bonds. The van der Waals surface area contributed by atoms with Crippen molar-refractivity contribution in [2.45, 2.75) is 20.8 Å². The summed E-state index contributed by atoms with van der Waals surface area (Å²) in [5, 5.41) is 5.65. The van der Waals surface area contributed by atoms with Gasteiger partial charge in [-0.25, -0.2) is 4.79 Å². The summed E-state index contributed by atoms with van der Waals surface area (Å²) in [4.78, 5) is 39.9. The molecule has 0 bridgehead atoms. The maximum absolute atomic E-state index is 12.8. The van der Waals surface area contributed by atoms with E-state index in [0.29, 0.717) is 49.7 Å². The number of ether oxygens (including phenoxy) is 1. The summed E-state index contributed by atoms with van der Waals surface area (Å²) in [6.07, 6.45) is 0. The van der Waals surface area contributed by atoms with Gasteiger partial charge < -0.3 is 25.2 Å². The van der Waals surface area contributed by atoms with E-state index < -0.39 is 0 Å². The summed E-state index contributed by atoms with van der Waals surface area (Å²) in [6.45, 7) is 8.72. The minimum Gasteiger partial charge on any atom is -0.482 e. The fourth-order valence-corrected chi connectivity index (χ4v) is 2.96. The van der Waals surface area contributed by atoms with E-state index in [1.54, 1.807) is 28.0 Å². The summed E-state index contributed by atoms with van der Waals surface area (Å²) in [6, 6.07) is 4.93. The lowest BCUT2D eigenvalue weighted by atomic mass is 9.97. The molecule has 0 unspecified atom stereocenters. The molecule has 8 nitrogen and oxygen atoms in total. The maximum atomic E-state index is 12.8. The van der Waals surface area contributed by atoms with Crippen molar-refractivity contribution in [2.75, 3.05) is 44.6 Å². The van der Waals surface area contributed by atoms with E-state index in [1.165, 1.54) is 0 Å². The molecule has 2 aliphatic heterocycles. The Bertz CT molecular complexity index is 749. The first-order valence-electron chi connectivity index (χ1n) is 9.12. The van der Waals surface area contributed by atoms with Crippen LogP contribution in [0.5, 0.6) is 5.75 Å². The topological polar surface area (TPSA) is 91.0 Å². The van der Waals surface area contributed by atoms with E-state index >= 15 is 0 Å². The van der Waals surface area contributed by atoms with Crippen LogP contribution in [-0.4, -0.2) is 67.0 Å². The molecule has 0 aromatic heterocycles. The number of piperazine rings is 1. The van der Waals surface area contributed by atoms with Gasteiger partial charge in [-0.3, -0.25) is 9.59 Å². The zero-order valence-electron chi connectivity index (χ0n) is 16.0. The van der Waals surface area contributed by atoms with Crippen LogP contribution in [0.4, 0.5) is 10.5 Å². The van der Waals surface area contributed by atoms with Gasteiger partial charge in [0.15, 0.2) is 6.61 Å². The Labute approximate surface area is 158 Å². The zero-order valence-corrected chi connectivity index (χ0v) is 16.0. The second kappa shape index (κ2) is 7.46. The molecule has 146 valence electrons. The quantitative estimate of drug-likeness (QED) is 0.821. The van der Waals surface area contributed by atoms with Crippen LogP contribution >= 0.6 is 0 Å². The van der Waals surface area contributed by atoms with Crippen LogP contribution in [0.15, 0.2) is 18.2 Å². The van der Waals surface area contributed by atoms with Crippen LogP contribution in [0.2, 0.25) is 0 Å². The van der Waals surface area contributed by atoms with Gasteiger partial charge in [-0.05, 0) is 23.6 Å². The Hall–Kier alpha value is -2.77. The number of rotatable bonds is 2. The summed E-state index contributed by atoms with van der Waals surface area (Å²) >= 11 is 0. The normalized spacial score (nSPS) is 16.9. The molecule has 2 aliphatic rings. The highest BCUT2D eigenvalue weighted by Crippen LogP contribution is 2.29. The highest BCUT2D eigenvalue weighted by molar-refractivity contribution is 6.00. The monoisotopic (exact) mass is 374 g/mol. The molecule has 1 saturated heterocycles. The Morgan fingerprint density at radius 1 is 1.15 bits per heavy atom. The highest BCUT2D eigenvalue weighted by Gasteiger charge is 2.26. The van der Waals surface area contributed by atoms with E-state index in [9.17, 15) is 14.4 Å². The van der Waals surface area contributed by atoms with Gasteiger partial charge in [-0.2, -0.15) is 0 Å². The zero-order chi connectivity index (χ0) is 19.6. The Morgan fingerprint density at radius 3 is 2.48 bits per heavy atom. The molecule has 1 aromatic carbocycles. The van der Waals surface area contributed by atoms with Crippen molar-refractivity contribution in [2.24, 2.45) is 5.41 Å². The van der Waals surface area contributed by atoms with Gasteiger partial charge in [0.1, 0.15) is 5.75 Å². The summed E-state index contributed by atoms with van der Waals surface area (Å²) in [7, 11) is 0. The second-order valence-corrected chi connectivity index (χ2v) is 8.05. The largest absolute Gasteiger partial charge is 0.482 e. The number of amides is 4. The van der Waals surface area contributed by atoms with Gasteiger partial charge in [0, 0.05) is 38.3 Å². The van der Waals surface area contributed by atoms with E-state index in [4.69, 9.17) is 4.74 Å². The molecule has 1 fully saturated rings. The molecule has 2 N–H and O–H groups in total. The predicted molar refractivity (Wildman–Crippen MR) is 101 cm³/mol. The van der Waals surface area contributed by atoms with Crippen molar-refractivity contribution in [3.63, 3.8) is 0 Å². The highest BCUT2D eigenvalue weighted by atomic mass is 16.5. The molecule has 1 aromatic rings. The van der Waals surface area contributed by atoms with Crippen LogP contribution in [-0.2, 0) is 4.79 Å². The molecule has 27 heavy (non-hydrogen) atoms. The molecule has 2 heterocycles. The van der Waals surface area contributed by atoms with E-state index in [-0.39, 0.29) is 29.9 Å². The number of hydrogen-bond acceptors (Lipinski definition) is 4. The molecule has 3 rings (SSSR count). The lowest BCUT2D eigenvalue weighted by molar-refractivity contribution is -0.118. The summed E-state index contributed by atoms with van der Waals surface area (Å²) in [5.41, 5.74) is 1.03. The van der Waals surface area contributed by atoms with Gasteiger partial charge in [-0.15, -0.1) is 0 Å². The van der Waals surface area contributed by atoms with Crippen LogP contribution < -0.4 is 15.4 Å². The van der Waals surface area contributed by atoms with E-state index in [1.807, 2.05) is 0 Å². The number of nitrogens with one attached hydrogen (secondary N) is 2. The van der Waals surface area contributed by atoms with Crippen molar-refractivity contribution >= 4 is 23.5 Å². The number of urea groups is 1. The molecule has 0 radical (unpaired) electrons. The van der Waals surface area contributed by atoms with Gasteiger partial charge >= 0.3 is 6.03 Å². The van der Waals surface area contributed by atoms with Gasteiger partial charge in [0.25, 0.3) is 11.8 Å². The third-order valence-corrected chi connectivity index (χ3v) is 4.48. The van der Waals surface area contributed by atoms with Crippen LogP contribution in [0.3, 0.4) is 0 Å². The van der Waals surface area contributed by atoms with Crippen molar-refractivity contribution in [1.29, 1.82) is 0 Å². The lowest BCUT2D eigenvalue weighted by Crippen LogP contribution is -2.53. The third-order valence-electron chi connectivity index (χ3n) is 4.48. The number of anilines is 1. The molecule has 0 spiro atoms. The molecular weight excluding hydrogens is 348 g/mol. The molecule has 0 atom stereocenters. The minimum absolute atomic E-state index is 0.0144. The standard InChI is InChI=1S/C19H26N4O4/c1-19(2,3)12-20-18(26)23-8-6-22(7-9-23)17(25)13-4-5-15-14(10-13)21-16(24)11-27-15/h4-5,10H,6-9,11-12H2,1-3H3,(H,20,26)(H,21,24). The average molecular weight is 374 g/mol.